The van der Waals surface area contributed by atoms with Crippen molar-refractivity contribution in [2.45, 2.75) is 6.92 Å². The van der Waals surface area contributed by atoms with Gasteiger partial charge in [-0.1, -0.05) is 62.2 Å². The van der Waals surface area contributed by atoms with Crippen LogP contribution >= 0.6 is 31.9 Å². The van der Waals surface area contributed by atoms with Crippen LogP contribution in [-0.2, 0) is 9.53 Å². The van der Waals surface area contributed by atoms with Gasteiger partial charge in [-0.2, -0.15) is 4.74 Å². The fourth-order valence-corrected chi connectivity index (χ4v) is 3.20. The number of benzene rings is 3. The smallest absolute Gasteiger partial charge is 0.407 e. The standard InChI is InChI=1S/C23H18Br2N2O3/c1-2-30-23(28)22(27(29)20-14-10-18(25)11-15-20)21(16-6-4-3-5-7-16)26-19-12-8-17(24)9-13-19/h3-15H,2H2,1H3/b26-21?,27-22+. The summed E-state index contributed by atoms with van der Waals surface area (Å²) < 4.78 is 7.50. The van der Waals surface area contributed by atoms with Gasteiger partial charge in [0, 0.05) is 26.6 Å². The molecule has 3 aromatic rings. The second-order valence-corrected chi connectivity index (χ2v) is 7.97. The second kappa shape index (κ2) is 10.3. The van der Waals surface area contributed by atoms with Crippen molar-refractivity contribution in [1.82, 2.24) is 0 Å². The number of carbonyl (C=O) groups excluding carboxylic acids is 1. The molecular weight excluding hydrogens is 512 g/mol. The van der Waals surface area contributed by atoms with E-state index in [1.165, 1.54) is 0 Å². The molecule has 3 aromatic carbocycles. The zero-order valence-corrected chi connectivity index (χ0v) is 19.3. The average molecular weight is 530 g/mol. The van der Waals surface area contributed by atoms with E-state index in [9.17, 15) is 10.0 Å². The molecule has 5 nitrogen and oxygen atoms in total. The third-order valence-corrected chi connectivity index (χ3v) is 5.13. The van der Waals surface area contributed by atoms with Crippen LogP contribution in [-0.4, -0.2) is 28.7 Å². The number of ether oxygens (including phenoxy) is 1. The molecule has 7 heteroatoms. The maximum atomic E-state index is 13.3. The predicted molar refractivity (Wildman–Crippen MR) is 126 cm³/mol. The van der Waals surface area contributed by atoms with Crippen molar-refractivity contribution < 1.29 is 14.3 Å². The third kappa shape index (κ3) is 5.43. The van der Waals surface area contributed by atoms with E-state index in [0.717, 1.165) is 8.95 Å². The van der Waals surface area contributed by atoms with E-state index >= 15 is 0 Å². The van der Waals surface area contributed by atoms with Crippen LogP contribution in [0.5, 0.6) is 0 Å². The Morgan fingerprint density at radius 2 is 1.50 bits per heavy atom. The van der Waals surface area contributed by atoms with Gasteiger partial charge in [-0.3, -0.25) is 0 Å². The van der Waals surface area contributed by atoms with E-state index in [1.54, 1.807) is 55.5 Å². The lowest BCUT2D eigenvalue weighted by molar-refractivity contribution is -0.358. The first kappa shape index (κ1) is 21.9. The van der Waals surface area contributed by atoms with E-state index in [1.807, 2.05) is 30.3 Å². The normalized spacial score (nSPS) is 12.3. The highest BCUT2D eigenvalue weighted by Crippen LogP contribution is 2.21. The summed E-state index contributed by atoms with van der Waals surface area (Å²) >= 11 is 6.75. The van der Waals surface area contributed by atoms with Crippen LogP contribution in [0.1, 0.15) is 12.5 Å². The van der Waals surface area contributed by atoms with Crippen molar-refractivity contribution in [2.75, 3.05) is 6.61 Å². The minimum atomic E-state index is -0.741. The fraction of sp³-hybridized carbons (Fsp3) is 0.0870. The molecule has 0 N–H and O–H groups in total. The van der Waals surface area contributed by atoms with Gasteiger partial charge in [0.2, 0.25) is 5.69 Å². The largest absolute Gasteiger partial charge is 0.618 e. The molecule has 30 heavy (non-hydrogen) atoms. The van der Waals surface area contributed by atoms with Gasteiger partial charge in [-0.25, -0.2) is 9.79 Å². The van der Waals surface area contributed by atoms with Gasteiger partial charge in [0.15, 0.2) is 5.71 Å². The summed E-state index contributed by atoms with van der Waals surface area (Å²) in [5.74, 6) is -0.741. The van der Waals surface area contributed by atoms with Crippen molar-refractivity contribution in [3.8, 4) is 0 Å². The van der Waals surface area contributed by atoms with E-state index in [2.05, 4.69) is 36.9 Å². The number of carbonyl (C=O) groups is 1. The SMILES string of the molecule is CCOC(=O)/C(C(=Nc1ccc(Br)cc1)c1ccccc1)=[N+](/[O-])c1ccc(Br)cc1. The number of hydrogen-bond donors (Lipinski definition) is 0. The van der Waals surface area contributed by atoms with Crippen LogP contribution in [0.2, 0.25) is 0 Å². The Bertz CT molecular complexity index is 1080. The first-order valence-electron chi connectivity index (χ1n) is 9.16. The van der Waals surface area contributed by atoms with Crippen LogP contribution in [0.15, 0.2) is 92.8 Å². The average Bonchev–Trinajstić information content (AvgIpc) is 2.76. The highest BCUT2D eigenvalue weighted by atomic mass is 79.9. The first-order chi connectivity index (χ1) is 14.5. The van der Waals surface area contributed by atoms with Crippen molar-refractivity contribution in [2.24, 2.45) is 4.99 Å². The van der Waals surface area contributed by atoms with Crippen molar-refractivity contribution >= 4 is 60.6 Å². The molecule has 0 aromatic heterocycles. The molecule has 0 radical (unpaired) electrons. The summed E-state index contributed by atoms with van der Waals surface area (Å²) in [6.07, 6.45) is 0. The molecular formula is C23H18Br2N2O3. The molecule has 0 atom stereocenters. The van der Waals surface area contributed by atoms with Gasteiger partial charge in [0.1, 0.15) is 0 Å². The van der Waals surface area contributed by atoms with Gasteiger partial charge in [0.05, 0.1) is 12.3 Å². The Morgan fingerprint density at radius 1 is 0.933 bits per heavy atom. The van der Waals surface area contributed by atoms with Crippen LogP contribution < -0.4 is 0 Å². The van der Waals surface area contributed by atoms with Crippen molar-refractivity contribution in [1.29, 1.82) is 0 Å². The summed E-state index contributed by atoms with van der Waals surface area (Å²) in [6, 6.07) is 23.1. The van der Waals surface area contributed by atoms with Crippen LogP contribution in [0.25, 0.3) is 0 Å². The van der Waals surface area contributed by atoms with E-state index in [4.69, 9.17) is 4.74 Å². The Balaban J connectivity index is 2.26. The molecule has 3 rings (SSSR count). The molecule has 0 aliphatic carbocycles. The highest BCUT2D eigenvalue weighted by Gasteiger charge is 2.31. The number of aliphatic imine (C=N–C) groups is 1. The molecule has 0 fully saturated rings. The fourth-order valence-electron chi connectivity index (χ4n) is 2.68. The maximum absolute atomic E-state index is 13.3. The van der Waals surface area contributed by atoms with Crippen molar-refractivity contribution in [3.05, 3.63) is 98.6 Å². The number of esters is 1. The summed E-state index contributed by atoms with van der Waals surface area (Å²) in [5, 5.41) is 13.3. The van der Waals surface area contributed by atoms with Gasteiger partial charge in [-0.15, -0.1) is 0 Å². The summed E-state index contributed by atoms with van der Waals surface area (Å²) in [5.41, 5.74) is 1.56. The molecule has 0 aliphatic rings. The zero-order chi connectivity index (χ0) is 21.5. The topological polar surface area (TPSA) is 64.7 Å². The second-order valence-electron chi connectivity index (χ2n) is 6.14. The molecule has 0 spiro atoms. The lowest BCUT2D eigenvalue weighted by Gasteiger charge is -2.12. The molecule has 0 saturated heterocycles. The summed E-state index contributed by atoms with van der Waals surface area (Å²) in [7, 11) is 0. The Morgan fingerprint density at radius 3 is 2.07 bits per heavy atom. The molecule has 0 bridgehead atoms. The van der Waals surface area contributed by atoms with Crippen molar-refractivity contribution in [3.63, 3.8) is 0 Å². The van der Waals surface area contributed by atoms with Gasteiger partial charge in [0.25, 0.3) is 0 Å². The van der Waals surface area contributed by atoms with Crippen LogP contribution in [0.3, 0.4) is 0 Å². The quantitative estimate of drug-likeness (QED) is 0.126. The zero-order valence-electron chi connectivity index (χ0n) is 16.1. The minimum Gasteiger partial charge on any atom is -0.618 e. The molecule has 152 valence electrons. The predicted octanol–water partition coefficient (Wildman–Crippen LogP) is 6.18. The third-order valence-electron chi connectivity index (χ3n) is 4.07. The van der Waals surface area contributed by atoms with E-state index < -0.39 is 5.97 Å². The Kier molecular flexibility index (Phi) is 7.54. The highest BCUT2D eigenvalue weighted by molar-refractivity contribution is 9.10. The lowest BCUT2D eigenvalue weighted by Crippen LogP contribution is -2.33. The molecule has 0 unspecified atom stereocenters. The number of hydrogen-bond acceptors (Lipinski definition) is 4. The molecule has 0 saturated carbocycles. The summed E-state index contributed by atoms with van der Waals surface area (Å²) in [4.78, 5) is 17.5. The molecule has 0 aliphatic heterocycles. The number of rotatable bonds is 6. The monoisotopic (exact) mass is 528 g/mol. The van der Waals surface area contributed by atoms with E-state index in [-0.39, 0.29) is 18.0 Å². The van der Waals surface area contributed by atoms with Crippen LogP contribution in [0, 0.1) is 5.21 Å². The lowest BCUT2D eigenvalue weighted by atomic mass is 10.0. The van der Waals surface area contributed by atoms with Gasteiger partial charge < -0.3 is 9.94 Å². The Labute approximate surface area is 191 Å². The first-order valence-corrected chi connectivity index (χ1v) is 10.7. The summed E-state index contributed by atoms with van der Waals surface area (Å²) in [6.45, 7) is 1.83. The van der Waals surface area contributed by atoms with E-state index in [0.29, 0.717) is 21.7 Å². The number of halogens is 2. The van der Waals surface area contributed by atoms with Gasteiger partial charge in [-0.05, 0) is 43.3 Å². The number of nitrogens with zero attached hydrogens (tertiary/aromatic N) is 2. The Hall–Kier alpha value is -2.77. The molecule has 0 heterocycles. The minimum absolute atomic E-state index is 0.136. The maximum Gasteiger partial charge on any atom is 0.407 e. The van der Waals surface area contributed by atoms with Crippen LogP contribution in [0.4, 0.5) is 11.4 Å². The molecule has 0 amide bonds. The van der Waals surface area contributed by atoms with Gasteiger partial charge >= 0.3 is 11.7 Å².